The van der Waals surface area contributed by atoms with Gasteiger partial charge in [-0.05, 0) is 19.1 Å². The fourth-order valence-electron chi connectivity index (χ4n) is 0.782. The van der Waals surface area contributed by atoms with Crippen LogP contribution in [0.4, 0.5) is 0 Å². The summed E-state index contributed by atoms with van der Waals surface area (Å²) < 4.78 is 4.95. The van der Waals surface area contributed by atoms with Crippen LogP contribution in [0.15, 0.2) is 18.3 Å². The molecule has 3 nitrogen and oxygen atoms in total. The Balaban J connectivity index is 2.83. The molecule has 3 heteroatoms. The van der Waals surface area contributed by atoms with Crippen LogP contribution in [0.25, 0.3) is 0 Å². The van der Waals surface area contributed by atoms with Crippen LogP contribution in [0.3, 0.4) is 0 Å². The number of nitrogens with zero attached hydrogens (tertiary/aromatic N) is 1. The van der Waals surface area contributed by atoms with Crippen LogP contribution in [0, 0.1) is 0 Å². The van der Waals surface area contributed by atoms with Gasteiger partial charge in [-0.1, -0.05) is 0 Å². The lowest BCUT2D eigenvalue weighted by atomic mass is 10.2. The molecule has 0 saturated heterocycles. The summed E-state index contributed by atoms with van der Waals surface area (Å²) in [4.78, 5) is 4.10. The molecular weight excluding hydrogens is 140 g/mol. The fraction of sp³-hybridized carbons (Fsp3) is 0.375. The Morgan fingerprint density at radius 3 is 2.64 bits per heavy atom. The molecule has 0 aliphatic heterocycles. The molecule has 0 aliphatic carbocycles. The first kappa shape index (κ1) is 8.01. The number of nitrogens with two attached hydrogens (primary N) is 1. The van der Waals surface area contributed by atoms with Crippen molar-refractivity contribution >= 4 is 0 Å². The van der Waals surface area contributed by atoms with Gasteiger partial charge in [-0.25, -0.2) is 0 Å². The third-order valence-electron chi connectivity index (χ3n) is 1.46. The highest BCUT2D eigenvalue weighted by Crippen LogP contribution is 2.11. The SMILES string of the molecule is COc1ccc([C@H](C)N)nc1. The van der Waals surface area contributed by atoms with Gasteiger partial charge in [-0.15, -0.1) is 0 Å². The van der Waals surface area contributed by atoms with Gasteiger partial charge >= 0.3 is 0 Å². The molecule has 2 N–H and O–H groups in total. The maximum Gasteiger partial charge on any atom is 0.137 e. The Morgan fingerprint density at radius 1 is 1.55 bits per heavy atom. The van der Waals surface area contributed by atoms with Crippen LogP contribution >= 0.6 is 0 Å². The third-order valence-corrected chi connectivity index (χ3v) is 1.46. The maximum atomic E-state index is 5.60. The summed E-state index contributed by atoms with van der Waals surface area (Å²) in [5.41, 5.74) is 6.48. The second kappa shape index (κ2) is 3.34. The van der Waals surface area contributed by atoms with E-state index in [0.29, 0.717) is 0 Å². The van der Waals surface area contributed by atoms with E-state index in [-0.39, 0.29) is 6.04 Å². The molecule has 1 aromatic heterocycles. The number of pyridine rings is 1. The molecule has 0 aromatic carbocycles. The Hall–Kier alpha value is -1.09. The number of hydrogen-bond acceptors (Lipinski definition) is 3. The molecule has 0 saturated carbocycles. The number of rotatable bonds is 2. The quantitative estimate of drug-likeness (QED) is 0.690. The summed E-state index contributed by atoms with van der Waals surface area (Å²) in [6.07, 6.45) is 1.67. The van der Waals surface area contributed by atoms with E-state index in [1.165, 1.54) is 0 Å². The van der Waals surface area contributed by atoms with Gasteiger partial charge in [-0.3, -0.25) is 4.98 Å². The normalized spacial score (nSPS) is 12.6. The molecule has 1 heterocycles. The van der Waals surface area contributed by atoms with E-state index in [1.54, 1.807) is 13.3 Å². The minimum atomic E-state index is -0.0130. The molecule has 0 radical (unpaired) electrons. The zero-order valence-electron chi connectivity index (χ0n) is 6.74. The third kappa shape index (κ3) is 1.91. The van der Waals surface area contributed by atoms with Crippen LogP contribution in [0.1, 0.15) is 18.7 Å². The van der Waals surface area contributed by atoms with Crippen molar-refractivity contribution in [3.05, 3.63) is 24.0 Å². The van der Waals surface area contributed by atoms with Gasteiger partial charge in [0.1, 0.15) is 5.75 Å². The van der Waals surface area contributed by atoms with Crippen LogP contribution < -0.4 is 10.5 Å². The van der Waals surface area contributed by atoms with Crippen molar-refractivity contribution in [1.82, 2.24) is 4.98 Å². The molecule has 0 bridgehead atoms. The molecule has 1 rings (SSSR count). The van der Waals surface area contributed by atoms with Crippen molar-refractivity contribution in [2.75, 3.05) is 7.11 Å². The van der Waals surface area contributed by atoms with E-state index in [4.69, 9.17) is 10.5 Å². The summed E-state index contributed by atoms with van der Waals surface area (Å²) in [7, 11) is 1.61. The lowest BCUT2D eigenvalue weighted by molar-refractivity contribution is 0.412. The lowest BCUT2D eigenvalue weighted by Gasteiger charge is -2.04. The maximum absolute atomic E-state index is 5.60. The highest BCUT2D eigenvalue weighted by molar-refractivity contribution is 5.20. The van der Waals surface area contributed by atoms with E-state index < -0.39 is 0 Å². The molecule has 11 heavy (non-hydrogen) atoms. The lowest BCUT2D eigenvalue weighted by Crippen LogP contribution is -2.06. The number of methoxy groups -OCH3 is 1. The molecular formula is C8H12N2O. The van der Waals surface area contributed by atoms with E-state index in [1.807, 2.05) is 19.1 Å². The van der Waals surface area contributed by atoms with Crippen molar-refractivity contribution in [2.24, 2.45) is 5.73 Å². The first-order chi connectivity index (χ1) is 5.24. The van der Waals surface area contributed by atoms with E-state index in [9.17, 15) is 0 Å². The monoisotopic (exact) mass is 152 g/mol. The average molecular weight is 152 g/mol. The topological polar surface area (TPSA) is 48.1 Å². The highest BCUT2D eigenvalue weighted by atomic mass is 16.5. The van der Waals surface area contributed by atoms with Crippen molar-refractivity contribution in [2.45, 2.75) is 13.0 Å². The molecule has 1 aromatic rings. The smallest absolute Gasteiger partial charge is 0.137 e. The molecule has 0 spiro atoms. The molecule has 1 atom stereocenters. The Labute approximate surface area is 66.2 Å². The molecule has 60 valence electrons. The summed E-state index contributed by atoms with van der Waals surface area (Å²) >= 11 is 0. The molecule has 0 amide bonds. The first-order valence-electron chi connectivity index (χ1n) is 3.49. The van der Waals surface area contributed by atoms with Gasteiger partial charge < -0.3 is 10.5 Å². The molecule has 0 aliphatic rings. The van der Waals surface area contributed by atoms with Crippen molar-refractivity contribution < 1.29 is 4.74 Å². The number of ether oxygens (including phenoxy) is 1. The van der Waals surface area contributed by atoms with Gasteiger partial charge in [0.05, 0.1) is 19.0 Å². The zero-order valence-corrected chi connectivity index (χ0v) is 6.74. The second-order valence-electron chi connectivity index (χ2n) is 2.41. The molecule has 0 unspecified atom stereocenters. The van der Waals surface area contributed by atoms with Gasteiger partial charge in [-0.2, -0.15) is 0 Å². The summed E-state index contributed by atoms with van der Waals surface area (Å²) in [6.45, 7) is 1.90. The van der Waals surface area contributed by atoms with Crippen LogP contribution in [-0.2, 0) is 0 Å². The van der Waals surface area contributed by atoms with Crippen molar-refractivity contribution in [1.29, 1.82) is 0 Å². The summed E-state index contributed by atoms with van der Waals surface area (Å²) in [6, 6.07) is 3.70. The van der Waals surface area contributed by atoms with Gasteiger partial charge in [0.25, 0.3) is 0 Å². The van der Waals surface area contributed by atoms with Crippen molar-refractivity contribution in [3.8, 4) is 5.75 Å². The van der Waals surface area contributed by atoms with Gasteiger partial charge in [0.2, 0.25) is 0 Å². The predicted molar refractivity (Wildman–Crippen MR) is 43.4 cm³/mol. The fourth-order valence-corrected chi connectivity index (χ4v) is 0.782. The second-order valence-corrected chi connectivity index (χ2v) is 2.41. The number of aromatic nitrogens is 1. The van der Waals surface area contributed by atoms with Crippen LogP contribution in [0.5, 0.6) is 5.75 Å². The van der Waals surface area contributed by atoms with Crippen LogP contribution in [-0.4, -0.2) is 12.1 Å². The van der Waals surface area contributed by atoms with Gasteiger partial charge in [0.15, 0.2) is 0 Å². The first-order valence-corrected chi connectivity index (χ1v) is 3.49. The molecule has 0 fully saturated rings. The summed E-state index contributed by atoms with van der Waals surface area (Å²) in [5.74, 6) is 0.759. The minimum Gasteiger partial charge on any atom is -0.495 e. The van der Waals surface area contributed by atoms with Crippen LogP contribution in [0.2, 0.25) is 0 Å². The zero-order chi connectivity index (χ0) is 8.27. The average Bonchev–Trinajstić information content (AvgIpc) is 2.05. The van der Waals surface area contributed by atoms with Gasteiger partial charge in [0, 0.05) is 6.04 Å². The Morgan fingerprint density at radius 2 is 2.27 bits per heavy atom. The van der Waals surface area contributed by atoms with E-state index in [2.05, 4.69) is 4.98 Å². The van der Waals surface area contributed by atoms with Crippen molar-refractivity contribution in [3.63, 3.8) is 0 Å². The number of hydrogen-bond donors (Lipinski definition) is 1. The largest absolute Gasteiger partial charge is 0.495 e. The standard InChI is InChI=1S/C8H12N2O/c1-6(9)8-4-3-7(11-2)5-10-8/h3-6H,9H2,1-2H3/t6-/m0/s1. The highest BCUT2D eigenvalue weighted by Gasteiger charge is 1.99. The van der Waals surface area contributed by atoms with E-state index >= 15 is 0 Å². The summed E-state index contributed by atoms with van der Waals surface area (Å²) in [5, 5.41) is 0. The minimum absolute atomic E-state index is 0.0130. The predicted octanol–water partition coefficient (Wildman–Crippen LogP) is 1.11. The van der Waals surface area contributed by atoms with E-state index in [0.717, 1.165) is 11.4 Å². The Bertz CT molecular complexity index is 218. The Kier molecular flexibility index (Phi) is 2.44.